The molecule has 2 unspecified atom stereocenters. The molecule has 0 radical (unpaired) electrons. The van der Waals surface area contributed by atoms with Gasteiger partial charge in [-0.05, 0) is 92.7 Å². The molecule has 2 aromatic rings. The van der Waals surface area contributed by atoms with Crippen LogP contribution >= 0.6 is 23.2 Å². The molecule has 4 saturated carbocycles. The van der Waals surface area contributed by atoms with Gasteiger partial charge in [0.2, 0.25) is 0 Å². The van der Waals surface area contributed by atoms with E-state index in [-0.39, 0.29) is 5.54 Å². The third-order valence-electron chi connectivity index (χ3n) is 7.36. The summed E-state index contributed by atoms with van der Waals surface area (Å²) in [5.74, 6) is 2.53. The molecule has 2 N–H and O–H groups in total. The van der Waals surface area contributed by atoms with Crippen LogP contribution in [-0.2, 0) is 13.2 Å². The Morgan fingerprint density at radius 3 is 2.38 bits per heavy atom. The maximum Gasteiger partial charge on any atom is 0.180 e. The van der Waals surface area contributed by atoms with Crippen molar-refractivity contribution in [3.8, 4) is 11.5 Å². The van der Waals surface area contributed by atoms with Crippen molar-refractivity contribution in [3.63, 3.8) is 0 Å². The number of aliphatic hydroxyl groups is 1. The third-order valence-corrected chi connectivity index (χ3v) is 7.90. The highest BCUT2D eigenvalue weighted by Gasteiger charge is 2.56. The largest absolute Gasteiger partial charge is 0.490 e. The molecule has 6 heteroatoms. The number of rotatable bonds is 8. The van der Waals surface area contributed by atoms with Gasteiger partial charge in [-0.3, -0.25) is 0 Å². The molecular formula is C26H31Cl2NO3. The second-order valence-corrected chi connectivity index (χ2v) is 10.9. The Bertz CT molecular complexity index is 964. The number of benzene rings is 2. The quantitative estimate of drug-likeness (QED) is 0.480. The minimum Gasteiger partial charge on any atom is -0.490 e. The third kappa shape index (κ3) is 4.61. The Morgan fingerprint density at radius 1 is 1.00 bits per heavy atom. The number of ether oxygens (including phenoxy) is 2. The van der Waals surface area contributed by atoms with Crippen molar-refractivity contribution < 1.29 is 14.6 Å². The van der Waals surface area contributed by atoms with Gasteiger partial charge in [-0.25, -0.2) is 0 Å². The molecule has 172 valence electrons. The lowest BCUT2D eigenvalue weighted by molar-refractivity contribution is -0.142. The van der Waals surface area contributed by atoms with Crippen molar-refractivity contribution in [2.24, 2.45) is 11.8 Å². The van der Waals surface area contributed by atoms with E-state index in [1.807, 2.05) is 43.3 Å². The summed E-state index contributed by atoms with van der Waals surface area (Å²) in [4.78, 5) is 0. The molecule has 4 nitrogen and oxygen atoms in total. The first-order valence-electron chi connectivity index (χ1n) is 11.7. The van der Waals surface area contributed by atoms with Crippen LogP contribution in [0.5, 0.6) is 11.5 Å². The molecule has 4 aliphatic carbocycles. The second kappa shape index (κ2) is 8.72. The van der Waals surface area contributed by atoms with Crippen LogP contribution in [-0.4, -0.2) is 22.9 Å². The van der Waals surface area contributed by atoms with E-state index in [2.05, 4.69) is 5.32 Å². The van der Waals surface area contributed by atoms with E-state index >= 15 is 0 Å². The number of hydrogen-bond acceptors (Lipinski definition) is 4. The summed E-state index contributed by atoms with van der Waals surface area (Å²) in [6.07, 6.45) is 6.44. The molecular weight excluding hydrogens is 445 g/mol. The van der Waals surface area contributed by atoms with Gasteiger partial charge in [-0.15, -0.1) is 0 Å². The Labute approximate surface area is 200 Å². The van der Waals surface area contributed by atoms with Crippen molar-refractivity contribution in [2.75, 3.05) is 6.61 Å². The van der Waals surface area contributed by atoms with Crippen molar-refractivity contribution in [1.29, 1.82) is 0 Å². The molecule has 4 fully saturated rings. The number of hydrogen-bond donors (Lipinski definition) is 2. The Morgan fingerprint density at radius 2 is 1.72 bits per heavy atom. The van der Waals surface area contributed by atoms with Crippen LogP contribution in [0.15, 0.2) is 36.4 Å². The van der Waals surface area contributed by atoms with Gasteiger partial charge in [0.25, 0.3) is 0 Å². The molecule has 32 heavy (non-hydrogen) atoms. The van der Waals surface area contributed by atoms with Gasteiger partial charge in [-0.1, -0.05) is 35.3 Å². The van der Waals surface area contributed by atoms with E-state index < -0.39 is 5.60 Å². The first-order chi connectivity index (χ1) is 15.4. The average Bonchev–Trinajstić information content (AvgIpc) is 2.71. The molecule has 6 rings (SSSR count). The Hall–Kier alpha value is -1.46. The standard InChI is InChI=1S/C26H31Cl2NO3/c1-2-31-23-9-18(8-22(28)24(23)32-15-17-3-5-21(27)6-4-17)14-29-25-10-19-7-20(11-25)13-26(30,12-19)16-25/h3-6,8-9,19-20,29-30H,2,7,10-16H2,1H3. The number of halogens is 2. The van der Waals surface area contributed by atoms with E-state index in [0.29, 0.717) is 53.1 Å². The zero-order valence-electron chi connectivity index (χ0n) is 18.5. The molecule has 0 saturated heterocycles. The average molecular weight is 476 g/mol. The molecule has 2 aromatic carbocycles. The molecule has 0 amide bonds. The van der Waals surface area contributed by atoms with Crippen LogP contribution in [0.4, 0.5) is 0 Å². The SMILES string of the molecule is CCOc1cc(CNC23CC4CC(CC(O)(C4)C2)C3)cc(Cl)c1OCc1ccc(Cl)cc1. The van der Waals surface area contributed by atoms with Crippen LogP contribution in [0, 0.1) is 11.8 Å². The van der Waals surface area contributed by atoms with Crippen LogP contribution in [0.1, 0.15) is 56.6 Å². The fourth-order valence-electron chi connectivity index (χ4n) is 6.57. The second-order valence-electron chi connectivity index (χ2n) is 10.1. The van der Waals surface area contributed by atoms with Gasteiger partial charge >= 0.3 is 0 Å². The van der Waals surface area contributed by atoms with Crippen molar-refractivity contribution >= 4 is 23.2 Å². The lowest BCUT2D eigenvalue weighted by Gasteiger charge is -2.60. The first kappa shape index (κ1) is 22.3. The fraction of sp³-hybridized carbons (Fsp3) is 0.538. The van der Waals surface area contributed by atoms with E-state index in [0.717, 1.165) is 30.4 Å². The summed E-state index contributed by atoms with van der Waals surface area (Å²) in [5.41, 5.74) is 1.66. The minimum atomic E-state index is -0.468. The maximum atomic E-state index is 11.0. The molecule has 4 aliphatic rings. The lowest BCUT2D eigenvalue weighted by atomic mass is 9.51. The topological polar surface area (TPSA) is 50.7 Å². The van der Waals surface area contributed by atoms with Gasteiger partial charge in [0, 0.05) is 17.1 Å². The monoisotopic (exact) mass is 475 g/mol. The number of nitrogens with one attached hydrogen (secondary N) is 1. The van der Waals surface area contributed by atoms with Gasteiger partial charge in [0.1, 0.15) is 6.61 Å². The molecule has 0 aliphatic heterocycles. The van der Waals surface area contributed by atoms with E-state index in [4.69, 9.17) is 32.7 Å². The molecule has 2 atom stereocenters. The van der Waals surface area contributed by atoms with Gasteiger partial charge < -0.3 is 19.9 Å². The van der Waals surface area contributed by atoms with Crippen LogP contribution in [0.25, 0.3) is 0 Å². The fourth-order valence-corrected chi connectivity index (χ4v) is 6.99. The van der Waals surface area contributed by atoms with Crippen molar-refractivity contribution in [1.82, 2.24) is 5.32 Å². The van der Waals surface area contributed by atoms with Gasteiger partial charge in [0.15, 0.2) is 11.5 Å². The van der Waals surface area contributed by atoms with Crippen LogP contribution < -0.4 is 14.8 Å². The van der Waals surface area contributed by atoms with Crippen LogP contribution in [0.2, 0.25) is 10.0 Å². The summed E-state index contributed by atoms with van der Waals surface area (Å²) in [6.45, 7) is 3.58. The highest BCUT2D eigenvalue weighted by molar-refractivity contribution is 6.32. The van der Waals surface area contributed by atoms with Gasteiger partial charge in [-0.2, -0.15) is 0 Å². The lowest BCUT2D eigenvalue weighted by Crippen LogP contribution is -2.64. The minimum absolute atomic E-state index is 0.0425. The molecule has 0 spiro atoms. The summed E-state index contributed by atoms with van der Waals surface area (Å²) in [7, 11) is 0. The molecule has 0 aromatic heterocycles. The Balaban J connectivity index is 1.30. The predicted molar refractivity (Wildman–Crippen MR) is 128 cm³/mol. The Kier molecular flexibility index (Phi) is 6.08. The maximum absolute atomic E-state index is 11.0. The van der Waals surface area contributed by atoms with Crippen molar-refractivity contribution in [3.05, 3.63) is 57.6 Å². The summed E-state index contributed by atoms with van der Waals surface area (Å²) in [5, 5.41) is 16.1. The smallest absolute Gasteiger partial charge is 0.180 e. The van der Waals surface area contributed by atoms with Gasteiger partial charge in [0.05, 0.1) is 17.2 Å². The molecule has 4 bridgehead atoms. The van der Waals surface area contributed by atoms with Crippen molar-refractivity contribution in [2.45, 2.75) is 69.7 Å². The van der Waals surface area contributed by atoms with Crippen LogP contribution in [0.3, 0.4) is 0 Å². The normalized spacial score (nSPS) is 30.5. The molecule has 0 heterocycles. The first-order valence-corrected chi connectivity index (χ1v) is 12.4. The van der Waals surface area contributed by atoms with E-state index in [9.17, 15) is 5.11 Å². The summed E-state index contributed by atoms with van der Waals surface area (Å²) >= 11 is 12.6. The highest BCUT2D eigenvalue weighted by atomic mass is 35.5. The van der Waals surface area contributed by atoms with E-state index in [1.54, 1.807) is 0 Å². The predicted octanol–water partition coefficient (Wildman–Crippen LogP) is 6.14. The zero-order chi connectivity index (χ0) is 22.3. The summed E-state index contributed by atoms with van der Waals surface area (Å²) < 4.78 is 11.9. The highest BCUT2D eigenvalue weighted by Crippen LogP contribution is 2.57. The zero-order valence-corrected chi connectivity index (χ0v) is 20.0. The van der Waals surface area contributed by atoms with E-state index in [1.165, 1.54) is 19.3 Å². The summed E-state index contributed by atoms with van der Waals surface area (Å²) in [6, 6.07) is 11.6.